The van der Waals surface area contributed by atoms with Crippen LogP contribution >= 0.6 is 0 Å². The molecule has 0 N–H and O–H groups in total. The Balaban J connectivity index is 1.52. The molecule has 30 heavy (non-hydrogen) atoms. The Morgan fingerprint density at radius 3 is 2.00 bits per heavy atom. The molecule has 0 aromatic carbocycles. The van der Waals surface area contributed by atoms with E-state index in [0.29, 0.717) is 0 Å². The molecule has 2 aliphatic rings. The molecule has 3 rings (SSSR count). The SMILES string of the molecule is CC(C)(C)c1ccc(CC(C)(C)N2CCC(CC(C)(C)N3CCOCC3)CC2)nc1. The zero-order valence-corrected chi connectivity index (χ0v) is 20.6. The molecular weight excluding hydrogens is 370 g/mol. The van der Waals surface area contributed by atoms with Crippen molar-refractivity contribution in [3.8, 4) is 0 Å². The van der Waals surface area contributed by atoms with E-state index in [1.165, 1.54) is 43.6 Å². The van der Waals surface area contributed by atoms with Crippen molar-refractivity contribution < 1.29 is 4.74 Å². The summed E-state index contributed by atoms with van der Waals surface area (Å²) in [6.07, 6.45) is 7.02. The van der Waals surface area contributed by atoms with E-state index in [2.05, 4.69) is 76.6 Å². The van der Waals surface area contributed by atoms with Gasteiger partial charge in [0, 0.05) is 42.5 Å². The van der Waals surface area contributed by atoms with Crippen molar-refractivity contribution in [2.45, 2.75) is 90.6 Å². The van der Waals surface area contributed by atoms with E-state index in [0.717, 1.165) is 38.6 Å². The lowest BCUT2D eigenvalue weighted by Crippen LogP contribution is -2.53. The summed E-state index contributed by atoms with van der Waals surface area (Å²) in [7, 11) is 0. The fourth-order valence-electron chi connectivity index (χ4n) is 5.27. The van der Waals surface area contributed by atoms with Crippen LogP contribution in [-0.2, 0) is 16.6 Å². The monoisotopic (exact) mass is 415 g/mol. The molecule has 1 aromatic rings. The van der Waals surface area contributed by atoms with Crippen molar-refractivity contribution in [3.63, 3.8) is 0 Å². The highest BCUT2D eigenvalue weighted by atomic mass is 16.5. The highest BCUT2D eigenvalue weighted by Crippen LogP contribution is 2.33. The number of morpholine rings is 1. The first-order chi connectivity index (χ1) is 14.0. The fraction of sp³-hybridized carbons (Fsp3) is 0.808. The van der Waals surface area contributed by atoms with Gasteiger partial charge >= 0.3 is 0 Å². The van der Waals surface area contributed by atoms with Crippen molar-refractivity contribution in [3.05, 3.63) is 29.6 Å². The Hall–Kier alpha value is -0.970. The molecule has 2 saturated heterocycles. The van der Waals surface area contributed by atoms with Gasteiger partial charge in [-0.25, -0.2) is 0 Å². The number of ether oxygens (including phenoxy) is 1. The Labute approximate surface area is 185 Å². The first kappa shape index (κ1) is 23.7. The molecule has 4 heteroatoms. The number of hydrogen-bond acceptors (Lipinski definition) is 4. The number of aromatic nitrogens is 1. The van der Waals surface area contributed by atoms with Gasteiger partial charge in [0.1, 0.15) is 0 Å². The van der Waals surface area contributed by atoms with E-state index in [1.54, 1.807) is 0 Å². The maximum atomic E-state index is 5.55. The maximum absolute atomic E-state index is 5.55. The highest BCUT2D eigenvalue weighted by Gasteiger charge is 2.35. The predicted molar refractivity (Wildman–Crippen MR) is 126 cm³/mol. The summed E-state index contributed by atoms with van der Waals surface area (Å²) in [6.45, 7) is 22.8. The van der Waals surface area contributed by atoms with Crippen LogP contribution in [0.2, 0.25) is 0 Å². The van der Waals surface area contributed by atoms with Crippen LogP contribution in [0.25, 0.3) is 0 Å². The molecule has 4 nitrogen and oxygen atoms in total. The van der Waals surface area contributed by atoms with Gasteiger partial charge in [-0.15, -0.1) is 0 Å². The van der Waals surface area contributed by atoms with Gasteiger partial charge in [0.25, 0.3) is 0 Å². The van der Waals surface area contributed by atoms with Crippen molar-refractivity contribution in [2.75, 3.05) is 39.4 Å². The molecule has 0 amide bonds. The number of hydrogen-bond donors (Lipinski definition) is 0. The number of nitrogens with zero attached hydrogens (tertiary/aromatic N) is 3. The van der Waals surface area contributed by atoms with Crippen molar-refractivity contribution in [1.82, 2.24) is 14.8 Å². The minimum Gasteiger partial charge on any atom is -0.379 e. The second-order valence-electron chi connectivity index (χ2n) is 11.8. The van der Waals surface area contributed by atoms with Crippen LogP contribution in [0.5, 0.6) is 0 Å². The van der Waals surface area contributed by atoms with E-state index < -0.39 is 0 Å². The largest absolute Gasteiger partial charge is 0.379 e. The molecule has 2 fully saturated rings. The van der Waals surface area contributed by atoms with E-state index in [1.807, 2.05) is 0 Å². The first-order valence-corrected chi connectivity index (χ1v) is 12.0. The van der Waals surface area contributed by atoms with Crippen molar-refractivity contribution in [1.29, 1.82) is 0 Å². The van der Waals surface area contributed by atoms with Gasteiger partial charge in [-0.2, -0.15) is 0 Å². The van der Waals surface area contributed by atoms with Gasteiger partial charge in [0.05, 0.1) is 13.2 Å². The molecule has 2 aliphatic heterocycles. The Morgan fingerprint density at radius 1 is 0.867 bits per heavy atom. The Kier molecular flexibility index (Phi) is 7.31. The lowest BCUT2D eigenvalue weighted by molar-refractivity contribution is -0.0239. The number of pyridine rings is 1. The van der Waals surface area contributed by atoms with Crippen molar-refractivity contribution >= 4 is 0 Å². The lowest BCUT2D eigenvalue weighted by Gasteiger charge is -2.46. The Morgan fingerprint density at radius 2 is 1.47 bits per heavy atom. The van der Waals surface area contributed by atoms with Crippen molar-refractivity contribution in [2.24, 2.45) is 5.92 Å². The minimum atomic E-state index is 0.154. The number of piperidine rings is 1. The topological polar surface area (TPSA) is 28.6 Å². The standard InChI is InChI=1S/C26H45N3O/c1-24(2,3)22-8-9-23(27-20-22)19-26(6,7)28-12-10-21(11-13-28)18-25(4,5)29-14-16-30-17-15-29/h8-9,20-21H,10-19H2,1-7H3. The quantitative estimate of drug-likeness (QED) is 0.660. The zero-order valence-electron chi connectivity index (χ0n) is 20.6. The summed E-state index contributed by atoms with van der Waals surface area (Å²) in [5.74, 6) is 0.832. The van der Waals surface area contributed by atoms with E-state index in [-0.39, 0.29) is 16.5 Å². The normalized spacial score (nSPS) is 21.2. The highest BCUT2D eigenvalue weighted by molar-refractivity contribution is 5.22. The average molecular weight is 416 g/mol. The predicted octanol–water partition coefficient (Wildman–Crippen LogP) is 4.91. The second-order valence-corrected chi connectivity index (χ2v) is 11.8. The van der Waals surface area contributed by atoms with Gasteiger partial charge < -0.3 is 4.74 Å². The molecule has 0 atom stereocenters. The van der Waals surface area contributed by atoms with Crippen LogP contribution in [0.1, 0.15) is 79.0 Å². The summed E-state index contributed by atoms with van der Waals surface area (Å²) in [6, 6.07) is 4.50. The smallest absolute Gasteiger partial charge is 0.0594 e. The third-order valence-corrected chi connectivity index (χ3v) is 7.43. The minimum absolute atomic E-state index is 0.154. The molecule has 0 unspecified atom stereocenters. The summed E-state index contributed by atoms with van der Waals surface area (Å²) in [4.78, 5) is 10.1. The summed E-state index contributed by atoms with van der Waals surface area (Å²) < 4.78 is 5.55. The summed E-state index contributed by atoms with van der Waals surface area (Å²) >= 11 is 0. The van der Waals surface area contributed by atoms with Crippen LogP contribution in [-0.4, -0.2) is 65.3 Å². The van der Waals surface area contributed by atoms with Gasteiger partial charge in [0.2, 0.25) is 0 Å². The molecular formula is C26H45N3O. The third-order valence-electron chi connectivity index (χ3n) is 7.43. The molecule has 0 bridgehead atoms. The third kappa shape index (κ3) is 6.05. The molecule has 170 valence electrons. The summed E-state index contributed by atoms with van der Waals surface area (Å²) in [5, 5.41) is 0. The van der Waals surface area contributed by atoms with Crippen LogP contribution in [0.4, 0.5) is 0 Å². The van der Waals surface area contributed by atoms with Gasteiger partial charge in [-0.3, -0.25) is 14.8 Å². The van der Waals surface area contributed by atoms with Gasteiger partial charge in [0.15, 0.2) is 0 Å². The van der Waals surface area contributed by atoms with Crippen LogP contribution in [0.15, 0.2) is 18.3 Å². The van der Waals surface area contributed by atoms with Crippen LogP contribution in [0.3, 0.4) is 0 Å². The number of rotatable bonds is 6. The fourth-order valence-corrected chi connectivity index (χ4v) is 5.27. The lowest BCUT2D eigenvalue weighted by atomic mass is 9.81. The first-order valence-electron chi connectivity index (χ1n) is 12.0. The number of likely N-dealkylation sites (tertiary alicyclic amines) is 1. The van der Waals surface area contributed by atoms with E-state index >= 15 is 0 Å². The van der Waals surface area contributed by atoms with Gasteiger partial charge in [-0.05, 0) is 83.0 Å². The molecule has 3 heterocycles. The van der Waals surface area contributed by atoms with E-state index in [4.69, 9.17) is 9.72 Å². The van der Waals surface area contributed by atoms with E-state index in [9.17, 15) is 0 Å². The molecule has 0 saturated carbocycles. The molecule has 1 aromatic heterocycles. The average Bonchev–Trinajstić information content (AvgIpc) is 2.68. The second kappa shape index (κ2) is 9.26. The molecule has 0 spiro atoms. The Bertz CT molecular complexity index is 661. The zero-order chi connectivity index (χ0) is 22.0. The van der Waals surface area contributed by atoms with Gasteiger partial charge in [-0.1, -0.05) is 26.8 Å². The molecule has 0 aliphatic carbocycles. The van der Waals surface area contributed by atoms with Crippen LogP contribution in [0, 0.1) is 5.92 Å². The summed E-state index contributed by atoms with van der Waals surface area (Å²) in [5.41, 5.74) is 3.13. The molecule has 0 radical (unpaired) electrons. The van der Waals surface area contributed by atoms with Crippen LogP contribution < -0.4 is 0 Å². The maximum Gasteiger partial charge on any atom is 0.0594 e.